The molecule has 2 rings (SSSR count). The van der Waals surface area contributed by atoms with Gasteiger partial charge in [0.2, 0.25) is 5.91 Å². The summed E-state index contributed by atoms with van der Waals surface area (Å²) in [6.45, 7) is 2.87. The van der Waals surface area contributed by atoms with Crippen LogP contribution in [0.4, 0.5) is 0 Å². The van der Waals surface area contributed by atoms with Gasteiger partial charge in [-0.25, -0.2) is 0 Å². The van der Waals surface area contributed by atoms with Gasteiger partial charge in [0.15, 0.2) is 0 Å². The molecule has 2 unspecified atom stereocenters. The highest BCUT2D eigenvalue weighted by Gasteiger charge is 2.21. The first-order valence-electron chi connectivity index (χ1n) is 5.94. The molecular weight excluding hydrogens is 236 g/mol. The Hall–Kier alpha value is -1.06. The van der Waals surface area contributed by atoms with Gasteiger partial charge >= 0.3 is 0 Å². The van der Waals surface area contributed by atoms with Crippen LogP contribution in [0.1, 0.15) is 31.4 Å². The molecule has 2 N–H and O–H groups in total. The SMILES string of the molecule is CC(NCC1CCC(=O)N1)c1ccccc1Cl. The normalized spacial score (nSPS) is 21.3. The molecule has 0 aliphatic carbocycles. The van der Waals surface area contributed by atoms with E-state index in [1.165, 1.54) is 0 Å². The molecule has 92 valence electrons. The Kier molecular flexibility index (Phi) is 4.02. The number of halogens is 1. The fourth-order valence-electron chi connectivity index (χ4n) is 2.09. The van der Waals surface area contributed by atoms with Crippen LogP contribution in [0.3, 0.4) is 0 Å². The summed E-state index contributed by atoms with van der Waals surface area (Å²) in [5, 5.41) is 7.12. The topological polar surface area (TPSA) is 41.1 Å². The van der Waals surface area contributed by atoms with Crippen LogP contribution in [0.25, 0.3) is 0 Å². The maximum absolute atomic E-state index is 11.1. The number of benzene rings is 1. The molecule has 4 heteroatoms. The van der Waals surface area contributed by atoms with Gasteiger partial charge in [0.05, 0.1) is 0 Å². The van der Waals surface area contributed by atoms with E-state index in [1.807, 2.05) is 24.3 Å². The van der Waals surface area contributed by atoms with Crippen molar-refractivity contribution in [3.05, 3.63) is 34.9 Å². The maximum atomic E-state index is 11.1. The van der Waals surface area contributed by atoms with E-state index in [9.17, 15) is 4.79 Å². The Morgan fingerprint density at radius 3 is 2.94 bits per heavy atom. The molecule has 1 amide bonds. The first-order chi connectivity index (χ1) is 8.16. The van der Waals surface area contributed by atoms with Crippen molar-refractivity contribution in [3.8, 4) is 0 Å². The third-order valence-corrected chi connectivity index (χ3v) is 3.47. The summed E-state index contributed by atoms with van der Waals surface area (Å²) >= 11 is 6.13. The number of hydrogen-bond acceptors (Lipinski definition) is 2. The van der Waals surface area contributed by atoms with Gasteiger partial charge in [-0.1, -0.05) is 29.8 Å². The van der Waals surface area contributed by atoms with Gasteiger partial charge in [-0.3, -0.25) is 4.79 Å². The van der Waals surface area contributed by atoms with E-state index in [0.717, 1.165) is 23.6 Å². The zero-order chi connectivity index (χ0) is 12.3. The predicted molar refractivity (Wildman–Crippen MR) is 69.0 cm³/mol. The first kappa shape index (κ1) is 12.4. The van der Waals surface area contributed by atoms with Crippen LogP contribution in [0.15, 0.2) is 24.3 Å². The first-order valence-corrected chi connectivity index (χ1v) is 6.32. The van der Waals surface area contributed by atoms with Crippen molar-refractivity contribution in [1.82, 2.24) is 10.6 Å². The van der Waals surface area contributed by atoms with Gasteiger partial charge in [-0.2, -0.15) is 0 Å². The minimum Gasteiger partial charge on any atom is -0.352 e. The van der Waals surface area contributed by atoms with Crippen molar-refractivity contribution in [3.63, 3.8) is 0 Å². The van der Waals surface area contributed by atoms with Crippen LogP contribution < -0.4 is 10.6 Å². The van der Waals surface area contributed by atoms with E-state index in [4.69, 9.17) is 11.6 Å². The molecule has 1 heterocycles. The quantitative estimate of drug-likeness (QED) is 0.863. The molecule has 3 nitrogen and oxygen atoms in total. The van der Waals surface area contributed by atoms with Crippen LogP contribution in [0, 0.1) is 0 Å². The van der Waals surface area contributed by atoms with E-state index in [-0.39, 0.29) is 18.0 Å². The van der Waals surface area contributed by atoms with Crippen LogP contribution in [-0.4, -0.2) is 18.5 Å². The lowest BCUT2D eigenvalue weighted by molar-refractivity contribution is -0.119. The van der Waals surface area contributed by atoms with Crippen molar-refractivity contribution in [2.45, 2.75) is 31.8 Å². The average molecular weight is 253 g/mol. The van der Waals surface area contributed by atoms with Crippen LogP contribution in [-0.2, 0) is 4.79 Å². The lowest BCUT2D eigenvalue weighted by atomic mass is 10.1. The minimum atomic E-state index is 0.155. The lowest BCUT2D eigenvalue weighted by Gasteiger charge is -2.18. The standard InChI is InChI=1S/C13H17ClN2O/c1-9(11-4-2-3-5-12(11)14)15-8-10-6-7-13(17)16-10/h2-5,9-10,15H,6-8H2,1H3,(H,16,17). The zero-order valence-electron chi connectivity index (χ0n) is 9.87. The summed E-state index contributed by atoms with van der Waals surface area (Å²) in [7, 11) is 0. The van der Waals surface area contributed by atoms with Crippen molar-refractivity contribution in [1.29, 1.82) is 0 Å². The Labute approximate surface area is 107 Å². The van der Waals surface area contributed by atoms with E-state index >= 15 is 0 Å². The second-order valence-corrected chi connectivity index (χ2v) is 4.86. The molecular formula is C13H17ClN2O. The van der Waals surface area contributed by atoms with Crippen molar-refractivity contribution in [2.24, 2.45) is 0 Å². The second kappa shape index (κ2) is 5.52. The summed E-state index contributed by atoms with van der Waals surface area (Å²) in [5.74, 6) is 0.155. The molecule has 0 saturated carbocycles. The van der Waals surface area contributed by atoms with Gasteiger partial charge < -0.3 is 10.6 Å². The van der Waals surface area contributed by atoms with E-state index in [0.29, 0.717) is 6.42 Å². The molecule has 1 saturated heterocycles. The van der Waals surface area contributed by atoms with Gasteiger partial charge in [0.25, 0.3) is 0 Å². The molecule has 0 radical (unpaired) electrons. The van der Waals surface area contributed by atoms with Crippen LogP contribution >= 0.6 is 11.6 Å². The Morgan fingerprint density at radius 2 is 2.29 bits per heavy atom. The fraction of sp³-hybridized carbons (Fsp3) is 0.462. The molecule has 1 aromatic carbocycles. The van der Waals surface area contributed by atoms with Crippen molar-refractivity contribution in [2.75, 3.05) is 6.54 Å². The average Bonchev–Trinajstić information content (AvgIpc) is 2.73. The summed E-state index contributed by atoms with van der Waals surface area (Å²) in [4.78, 5) is 11.1. The molecule has 0 spiro atoms. The maximum Gasteiger partial charge on any atom is 0.220 e. The van der Waals surface area contributed by atoms with E-state index in [1.54, 1.807) is 0 Å². The van der Waals surface area contributed by atoms with Gasteiger partial charge in [-0.05, 0) is 25.0 Å². The third-order valence-electron chi connectivity index (χ3n) is 3.13. The Morgan fingerprint density at radius 1 is 1.53 bits per heavy atom. The third kappa shape index (κ3) is 3.20. The molecule has 1 aromatic rings. The fourth-order valence-corrected chi connectivity index (χ4v) is 2.39. The highest BCUT2D eigenvalue weighted by Crippen LogP contribution is 2.22. The second-order valence-electron chi connectivity index (χ2n) is 4.45. The highest BCUT2D eigenvalue weighted by atomic mass is 35.5. The van der Waals surface area contributed by atoms with Gasteiger partial charge in [0.1, 0.15) is 0 Å². The molecule has 0 bridgehead atoms. The summed E-state index contributed by atoms with van der Waals surface area (Å²) in [6, 6.07) is 8.28. The van der Waals surface area contributed by atoms with Gasteiger partial charge in [0, 0.05) is 30.1 Å². The largest absolute Gasteiger partial charge is 0.352 e. The number of amides is 1. The van der Waals surface area contributed by atoms with Gasteiger partial charge in [-0.15, -0.1) is 0 Å². The minimum absolute atomic E-state index is 0.155. The number of carbonyl (C=O) groups is 1. The summed E-state index contributed by atoms with van der Waals surface area (Å²) in [6.07, 6.45) is 1.56. The molecule has 17 heavy (non-hydrogen) atoms. The molecule has 1 aliphatic heterocycles. The Bertz CT molecular complexity index is 408. The monoisotopic (exact) mass is 252 g/mol. The lowest BCUT2D eigenvalue weighted by Crippen LogP contribution is -2.36. The number of rotatable bonds is 4. The highest BCUT2D eigenvalue weighted by molar-refractivity contribution is 6.31. The van der Waals surface area contributed by atoms with Crippen LogP contribution in [0.2, 0.25) is 5.02 Å². The number of nitrogens with one attached hydrogen (secondary N) is 2. The summed E-state index contributed by atoms with van der Waals surface area (Å²) < 4.78 is 0. The molecule has 1 fully saturated rings. The molecule has 2 atom stereocenters. The van der Waals surface area contributed by atoms with Crippen LogP contribution in [0.5, 0.6) is 0 Å². The van der Waals surface area contributed by atoms with Crippen molar-refractivity contribution < 1.29 is 4.79 Å². The summed E-state index contributed by atoms with van der Waals surface area (Å²) in [5.41, 5.74) is 1.10. The van der Waals surface area contributed by atoms with E-state index in [2.05, 4.69) is 17.6 Å². The van der Waals surface area contributed by atoms with E-state index < -0.39 is 0 Å². The number of carbonyl (C=O) groups excluding carboxylic acids is 1. The predicted octanol–water partition coefficient (Wildman–Crippen LogP) is 2.27. The number of hydrogen-bond donors (Lipinski definition) is 2. The molecule has 0 aromatic heterocycles. The zero-order valence-corrected chi connectivity index (χ0v) is 10.6. The molecule has 1 aliphatic rings. The Balaban J connectivity index is 1.87. The smallest absolute Gasteiger partial charge is 0.220 e. The van der Waals surface area contributed by atoms with Crippen molar-refractivity contribution >= 4 is 17.5 Å².